The molecule has 2 aromatic rings. The maximum absolute atomic E-state index is 12.7. The maximum atomic E-state index is 12.7. The van der Waals surface area contributed by atoms with E-state index >= 15 is 0 Å². The number of hydrogen-bond donors (Lipinski definition) is 2. The molecule has 0 aliphatic carbocycles. The number of amides is 1. The second-order valence-corrected chi connectivity index (χ2v) is 8.49. The lowest BCUT2D eigenvalue weighted by atomic mass is 10.2. The molecule has 0 aromatic carbocycles. The summed E-state index contributed by atoms with van der Waals surface area (Å²) in [7, 11) is 0. The number of carbonyl (C=O) groups excluding carboxylic acids is 1. The van der Waals surface area contributed by atoms with E-state index in [0.29, 0.717) is 60.5 Å². The smallest absolute Gasteiger partial charge is 0.379 e. The molecule has 1 aliphatic rings. The Kier molecular flexibility index (Phi) is 7.72. The number of thiazole rings is 1. The fraction of sp³-hybridized carbons (Fsp3) is 0.579. The van der Waals surface area contributed by atoms with E-state index in [-0.39, 0.29) is 30.5 Å². The van der Waals surface area contributed by atoms with Crippen molar-refractivity contribution in [2.24, 2.45) is 0 Å². The van der Waals surface area contributed by atoms with Gasteiger partial charge < -0.3 is 19.9 Å². The van der Waals surface area contributed by atoms with Crippen LogP contribution in [0.3, 0.4) is 0 Å². The molecule has 0 spiro atoms. The van der Waals surface area contributed by atoms with E-state index in [4.69, 9.17) is 4.74 Å². The van der Waals surface area contributed by atoms with Crippen LogP contribution in [0.15, 0.2) is 17.2 Å². The summed E-state index contributed by atoms with van der Waals surface area (Å²) in [5.74, 6) is -0.0602. The second kappa shape index (κ2) is 10.3. The standard InChI is InChI=1S/C19H25F3N6O3S/c1-12(25-14-9-24-26-17(30)13(14)2)11-31-8-3-16(29)27-4-6-28(7-5-27)18-23-10-15(32-18)19(20,21)22/h9-10,12H,3-8,11H2,1-2H3,(H2,25,26,30)/t12-/m0/s1. The molecule has 1 amide bonds. The number of alkyl halides is 3. The van der Waals surface area contributed by atoms with Crippen LogP contribution < -0.4 is 15.8 Å². The number of carbonyl (C=O) groups is 1. The van der Waals surface area contributed by atoms with Crippen LogP contribution in [0, 0.1) is 6.92 Å². The van der Waals surface area contributed by atoms with Crippen molar-refractivity contribution in [3.05, 3.63) is 33.2 Å². The number of halogens is 3. The normalized spacial score (nSPS) is 15.7. The zero-order valence-corrected chi connectivity index (χ0v) is 18.6. The Morgan fingerprint density at radius 3 is 2.69 bits per heavy atom. The molecular weight excluding hydrogens is 449 g/mol. The Morgan fingerprint density at radius 2 is 2.03 bits per heavy atom. The molecule has 13 heteroatoms. The van der Waals surface area contributed by atoms with Crippen LogP contribution in [0.1, 0.15) is 23.8 Å². The summed E-state index contributed by atoms with van der Waals surface area (Å²) < 4.78 is 43.8. The number of nitrogens with one attached hydrogen (secondary N) is 2. The van der Waals surface area contributed by atoms with Crippen molar-refractivity contribution in [1.29, 1.82) is 0 Å². The van der Waals surface area contributed by atoms with Gasteiger partial charge in [0.2, 0.25) is 5.91 Å². The van der Waals surface area contributed by atoms with Crippen LogP contribution in [0.5, 0.6) is 0 Å². The molecule has 0 radical (unpaired) electrons. The highest BCUT2D eigenvalue weighted by atomic mass is 32.1. The lowest BCUT2D eigenvalue weighted by Gasteiger charge is -2.34. The molecule has 3 rings (SSSR count). The molecule has 9 nitrogen and oxygen atoms in total. The molecule has 2 N–H and O–H groups in total. The number of hydrogen-bond acceptors (Lipinski definition) is 8. The fourth-order valence-electron chi connectivity index (χ4n) is 3.18. The van der Waals surface area contributed by atoms with Gasteiger partial charge in [0.15, 0.2) is 5.13 Å². The minimum Gasteiger partial charge on any atom is -0.379 e. The number of H-pyrrole nitrogens is 1. The lowest BCUT2D eigenvalue weighted by molar-refractivity contribution is -0.134. The molecular formula is C19H25F3N6O3S. The van der Waals surface area contributed by atoms with Gasteiger partial charge in [-0.25, -0.2) is 10.1 Å². The molecule has 32 heavy (non-hydrogen) atoms. The molecule has 0 bridgehead atoms. The molecule has 1 fully saturated rings. The van der Waals surface area contributed by atoms with Gasteiger partial charge in [0.25, 0.3) is 5.56 Å². The zero-order chi connectivity index (χ0) is 23.3. The first-order valence-electron chi connectivity index (χ1n) is 10.1. The Morgan fingerprint density at radius 1 is 1.31 bits per heavy atom. The SMILES string of the molecule is Cc1c(N[C@@H](C)COCCC(=O)N2CCN(c3ncc(C(F)(F)F)s3)CC2)cn[nH]c1=O. The summed E-state index contributed by atoms with van der Waals surface area (Å²) in [5.41, 5.74) is 0.902. The summed E-state index contributed by atoms with van der Waals surface area (Å²) in [6.07, 6.45) is -1.80. The molecule has 0 saturated carbocycles. The van der Waals surface area contributed by atoms with E-state index in [9.17, 15) is 22.8 Å². The number of piperazine rings is 1. The number of aromatic amines is 1. The van der Waals surface area contributed by atoms with E-state index in [0.717, 1.165) is 6.20 Å². The number of aromatic nitrogens is 3. The van der Waals surface area contributed by atoms with Gasteiger partial charge in [-0.2, -0.15) is 18.3 Å². The van der Waals surface area contributed by atoms with E-state index in [1.165, 1.54) is 6.20 Å². The van der Waals surface area contributed by atoms with Crippen LogP contribution in [-0.2, 0) is 15.7 Å². The quantitative estimate of drug-likeness (QED) is 0.565. The van der Waals surface area contributed by atoms with E-state index < -0.39 is 11.1 Å². The van der Waals surface area contributed by atoms with Crippen LogP contribution in [-0.4, -0.2) is 71.4 Å². The molecule has 1 aliphatic heterocycles. The Hall–Kier alpha value is -2.67. The Labute approximate surface area is 186 Å². The van der Waals surface area contributed by atoms with Crippen molar-refractivity contribution >= 4 is 28.1 Å². The number of rotatable bonds is 8. The van der Waals surface area contributed by atoms with Crippen LogP contribution >= 0.6 is 11.3 Å². The van der Waals surface area contributed by atoms with Gasteiger partial charge >= 0.3 is 6.18 Å². The van der Waals surface area contributed by atoms with Crippen LogP contribution in [0.25, 0.3) is 0 Å². The van der Waals surface area contributed by atoms with Crippen LogP contribution in [0.4, 0.5) is 24.0 Å². The minimum atomic E-state index is -4.39. The zero-order valence-electron chi connectivity index (χ0n) is 17.7. The van der Waals surface area contributed by atoms with Gasteiger partial charge in [-0.3, -0.25) is 9.59 Å². The van der Waals surface area contributed by atoms with Gasteiger partial charge in [0.05, 0.1) is 37.7 Å². The van der Waals surface area contributed by atoms with Gasteiger partial charge in [-0.05, 0) is 13.8 Å². The highest BCUT2D eigenvalue weighted by molar-refractivity contribution is 7.15. The summed E-state index contributed by atoms with van der Waals surface area (Å²) in [6.45, 7) is 5.89. The van der Waals surface area contributed by atoms with E-state index in [2.05, 4.69) is 20.5 Å². The van der Waals surface area contributed by atoms with Crippen molar-refractivity contribution in [1.82, 2.24) is 20.1 Å². The third-order valence-corrected chi connectivity index (χ3v) is 6.11. The van der Waals surface area contributed by atoms with E-state index in [1.54, 1.807) is 16.7 Å². The van der Waals surface area contributed by atoms with Crippen molar-refractivity contribution in [3.8, 4) is 0 Å². The van der Waals surface area contributed by atoms with Gasteiger partial charge in [0, 0.05) is 37.8 Å². The highest BCUT2D eigenvalue weighted by Gasteiger charge is 2.34. The average molecular weight is 475 g/mol. The topological polar surface area (TPSA) is 103 Å². The predicted molar refractivity (Wildman–Crippen MR) is 114 cm³/mol. The van der Waals surface area contributed by atoms with Gasteiger partial charge in [0.1, 0.15) is 4.88 Å². The van der Waals surface area contributed by atoms with Crippen LogP contribution in [0.2, 0.25) is 0 Å². The highest BCUT2D eigenvalue weighted by Crippen LogP contribution is 2.36. The first kappa shape index (κ1) is 24.0. The largest absolute Gasteiger partial charge is 0.427 e. The van der Waals surface area contributed by atoms with Crippen molar-refractivity contribution in [2.75, 3.05) is 49.6 Å². The average Bonchev–Trinajstić information content (AvgIpc) is 3.25. The maximum Gasteiger partial charge on any atom is 0.427 e. The molecule has 3 heterocycles. The number of anilines is 2. The number of nitrogens with zero attached hydrogens (tertiary/aromatic N) is 4. The monoisotopic (exact) mass is 474 g/mol. The number of ether oxygens (including phenoxy) is 1. The minimum absolute atomic E-state index is 0.0602. The third kappa shape index (κ3) is 6.19. The van der Waals surface area contributed by atoms with Crippen molar-refractivity contribution in [3.63, 3.8) is 0 Å². The predicted octanol–water partition coefficient (Wildman–Crippen LogP) is 2.11. The Balaban J connectivity index is 1.36. The summed E-state index contributed by atoms with van der Waals surface area (Å²) >= 11 is 0.615. The second-order valence-electron chi connectivity index (χ2n) is 7.48. The first-order chi connectivity index (χ1) is 15.1. The Bertz CT molecular complexity index is 972. The summed E-state index contributed by atoms with van der Waals surface area (Å²) in [6, 6.07) is -0.0872. The molecule has 1 saturated heterocycles. The molecule has 2 aromatic heterocycles. The van der Waals surface area contributed by atoms with E-state index in [1.807, 2.05) is 6.92 Å². The van der Waals surface area contributed by atoms with Crippen molar-refractivity contribution in [2.45, 2.75) is 32.5 Å². The van der Waals surface area contributed by atoms with Gasteiger partial charge in [-0.15, -0.1) is 0 Å². The molecule has 176 valence electrons. The first-order valence-corrected chi connectivity index (χ1v) is 10.9. The fourth-order valence-corrected chi connectivity index (χ4v) is 4.01. The van der Waals surface area contributed by atoms with Gasteiger partial charge in [-0.1, -0.05) is 11.3 Å². The molecule has 0 unspecified atom stereocenters. The van der Waals surface area contributed by atoms with Crippen molar-refractivity contribution < 1.29 is 22.7 Å². The molecule has 1 atom stereocenters. The lowest BCUT2D eigenvalue weighted by Crippen LogP contribution is -2.49. The summed E-state index contributed by atoms with van der Waals surface area (Å²) in [5, 5.41) is 9.59. The third-order valence-electron chi connectivity index (χ3n) is 5.01. The summed E-state index contributed by atoms with van der Waals surface area (Å²) in [4.78, 5) is 30.6.